The molecule has 0 radical (unpaired) electrons. The summed E-state index contributed by atoms with van der Waals surface area (Å²) in [7, 11) is 3.23. The molecule has 0 fully saturated rings. The second-order valence-electron chi connectivity index (χ2n) is 3.95. The van der Waals surface area contributed by atoms with Gasteiger partial charge in [0, 0.05) is 23.9 Å². The molecule has 0 unspecified atom stereocenters. The molecule has 0 spiro atoms. The van der Waals surface area contributed by atoms with E-state index in [0.29, 0.717) is 17.3 Å². The SMILES string of the molecule is COc1cc(Nc2ncnc3scnc23)cc(OC)c1. The Kier molecular flexibility index (Phi) is 3.34. The van der Waals surface area contributed by atoms with Gasteiger partial charge < -0.3 is 14.8 Å². The number of ether oxygens (including phenoxy) is 2. The third-order valence-electron chi connectivity index (χ3n) is 2.75. The number of nitrogens with zero attached hydrogens (tertiary/aromatic N) is 3. The highest BCUT2D eigenvalue weighted by Gasteiger charge is 2.08. The van der Waals surface area contributed by atoms with Crippen LogP contribution in [-0.2, 0) is 0 Å². The number of hydrogen-bond donors (Lipinski definition) is 1. The Labute approximate surface area is 119 Å². The Morgan fingerprint density at radius 2 is 1.75 bits per heavy atom. The summed E-state index contributed by atoms with van der Waals surface area (Å²) in [4.78, 5) is 13.5. The summed E-state index contributed by atoms with van der Waals surface area (Å²) in [5.74, 6) is 2.07. The maximum absolute atomic E-state index is 5.24. The molecule has 102 valence electrons. The van der Waals surface area contributed by atoms with Crippen molar-refractivity contribution in [1.29, 1.82) is 0 Å². The van der Waals surface area contributed by atoms with Crippen LogP contribution in [0, 0.1) is 0 Å². The quantitative estimate of drug-likeness (QED) is 0.796. The smallest absolute Gasteiger partial charge is 0.161 e. The molecular formula is C13H12N4O2S. The zero-order valence-electron chi connectivity index (χ0n) is 11.0. The number of hydrogen-bond acceptors (Lipinski definition) is 7. The molecule has 0 aliphatic rings. The van der Waals surface area contributed by atoms with E-state index in [9.17, 15) is 0 Å². The molecule has 0 aliphatic carbocycles. The molecule has 0 atom stereocenters. The molecule has 0 saturated heterocycles. The molecule has 2 aromatic heterocycles. The van der Waals surface area contributed by atoms with Crippen LogP contribution in [0.4, 0.5) is 11.5 Å². The average Bonchev–Trinajstić information content (AvgIpc) is 2.96. The molecule has 0 bridgehead atoms. The van der Waals surface area contributed by atoms with Crippen LogP contribution < -0.4 is 14.8 Å². The van der Waals surface area contributed by atoms with Crippen molar-refractivity contribution >= 4 is 33.2 Å². The van der Waals surface area contributed by atoms with Gasteiger partial charge in [0.1, 0.15) is 28.2 Å². The summed E-state index contributed by atoms with van der Waals surface area (Å²) in [5.41, 5.74) is 3.31. The Balaban J connectivity index is 2.00. The van der Waals surface area contributed by atoms with Crippen LogP contribution in [0.2, 0.25) is 0 Å². The van der Waals surface area contributed by atoms with Gasteiger partial charge >= 0.3 is 0 Å². The van der Waals surface area contributed by atoms with Crippen molar-refractivity contribution in [3.05, 3.63) is 30.0 Å². The number of thiazole rings is 1. The van der Waals surface area contributed by atoms with Crippen molar-refractivity contribution in [2.24, 2.45) is 0 Å². The van der Waals surface area contributed by atoms with Crippen molar-refractivity contribution in [2.45, 2.75) is 0 Å². The minimum Gasteiger partial charge on any atom is -0.497 e. The van der Waals surface area contributed by atoms with Gasteiger partial charge in [-0.25, -0.2) is 15.0 Å². The van der Waals surface area contributed by atoms with Crippen LogP contribution in [-0.4, -0.2) is 29.2 Å². The molecule has 3 aromatic rings. The molecule has 0 aliphatic heterocycles. The van der Waals surface area contributed by atoms with E-state index in [0.717, 1.165) is 16.0 Å². The predicted octanol–water partition coefficient (Wildman–Crippen LogP) is 2.85. The molecular weight excluding hydrogens is 276 g/mol. The topological polar surface area (TPSA) is 69.2 Å². The summed E-state index contributed by atoms with van der Waals surface area (Å²) in [6.45, 7) is 0. The number of anilines is 2. The normalized spacial score (nSPS) is 10.5. The lowest BCUT2D eigenvalue weighted by atomic mass is 10.2. The van der Waals surface area contributed by atoms with E-state index in [1.807, 2.05) is 18.2 Å². The Hall–Kier alpha value is -2.41. The van der Waals surface area contributed by atoms with Gasteiger partial charge in [-0.15, -0.1) is 11.3 Å². The zero-order valence-corrected chi connectivity index (χ0v) is 11.8. The van der Waals surface area contributed by atoms with E-state index in [2.05, 4.69) is 20.3 Å². The average molecular weight is 288 g/mol. The highest BCUT2D eigenvalue weighted by atomic mass is 32.1. The fourth-order valence-corrected chi connectivity index (χ4v) is 2.43. The van der Waals surface area contributed by atoms with Gasteiger partial charge in [-0.2, -0.15) is 0 Å². The van der Waals surface area contributed by atoms with E-state index >= 15 is 0 Å². The number of rotatable bonds is 4. The molecule has 7 heteroatoms. The molecule has 20 heavy (non-hydrogen) atoms. The van der Waals surface area contributed by atoms with Crippen molar-refractivity contribution in [3.8, 4) is 11.5 Å². The van der Waals surface area contributed by atoms with Gasteiger partial charge in [0.05, 0.1) is 19.7 Å². The highest BCUT2D eigenvalue weighted by Crippen LogP contribution is 2.29. The fraction of sp³-hybridized carbons (Fsp3) is 0.154. The van der Waals surface area contributed by atoms with E-state index in [4.69, 9.17) is 9.47 Å². The highest BCUT2D eigenvalue weighted by molar-refractivity contribution is 7.16. The first-order valence-electron chi connectivity index (χ1n) is 5.84. The third-order valence-corrected chi connectivity index (χ3v) is 3.48. The van der Waals surface area contributed by atoms with Crippen LogP contribution in [0.3, 0.4) is 0 Å². The predicted molar refractivity (Wildman–Crippen MR) is 78.0 cm³/mol. The van der Waals surface area contributed by atoms with Gasteiger partial charge in [0.15, 0.2) is 5.82 Å². The van der Waals surface area contributed by atoms with Gasteiger partial charge in [-0.05, 0) is 0 Å². The third kappa shape index (κ3) is 2.35. The largest absolute Gasteiger partial charge is 0.497 e. The Morgan fingerprint density at radius 1 is 1.00 bits per heavy atom. The maximum Gasteiger partial charge on any atom is 0.161 e. The van der Waals surface area contributed by atoms with E-state index < -0.39 is 0 Å². The molecule has 1 aromatic carbocycles. The lowest BCUT2D eigenvalue weighted by Crippen LogP contribution is -1.97. The number of benzene rings is 1. The first-order valence-corrected chi connectivity index (χ1v) is 6.72. The van der Waals surface area contributed by atoms with Crippen LogP contribution in [0.1, 0.15) is 0 Å². The number of methoxy groups -OCH3 is 2. The Bertz CT molecular complexity index is 722. The summed E-state index contributed by atoms with van der Waals surface area (Å²) in [6.07, 6.45) is 1.51. The number of nitrogens with one attached hydrogen (secondary N) is 1. The van der Waals surface area contributed by atoms with Crippen LogP contribution >= 0.6 is 11.3 Å². The van der Waals surface area contributed by atoms with Crippen molar-refractivity contribution in [1.82, 2.24) is 15.0 Å². The minimum atomic E-state index is 0.659. The zero-order chi connectivity index (χ0) is 13.9. The fourth-order valence-electron chi connectivity index (χ4n) is 1.80. The Morgan fingerprint density at radius 3 is 2.45 bits per heavy atom. The minimum absolute atomic E-state index is 0.659. The molecule has 0 saturated carbocycles. The number of fused-ring (bicyclic) bond motifs is 1. The molecule has 2 heterocycles. The van der Waals surface area contributed by atoms with E-state index in [-0.39, 0.29) is 0 Å². The second-order valence-corrected chi connectivity index (χ2v) is 4.79. The van der Waals surface area contributed by atoms with Gasteiger partial charge in [0.2, 0.25) is 0 Å². The van der Waals surface area contributed by atoms with E-state index in [1.54, 1.807) is 19.7 Å². The first-order chi connectivity index (χ1) is 9.80. The summed E-state index contributed by atoms with van der Waals surface area (Å²) < 4.78 is 10.5. The van der Waals surface area contributed by atoms with Crippen LogP contribution in [0.15, 0.2) is 30.0 Å². The molecule has 1 N–H and O–H groups in total. The van der Waals surface area contributed by atoms with Crippen LogP contribution in [0.5, 0.6) is 11.5 Å². The van der Waals surface area contributed by atoms with E-state index in [1.165, 1.54) is 17.7 Å². The summed E-state index contributed by atoms with van der Waals surface area (Å²) >= 11 is 1.48. The molecule has 3 rings (SSSR count). The van der Waals surface area contributed by atoms with Crippen molar-refractivity contribution in [3.63, 3.8) is 0 Å². The first kappa shape index (κ1) is 12.6. The monoisotopic (exact) mass is 288 g/mol. The van der Waals surface area contributed by atoms with Crippen LogP contribution in [0.25, 0.3) is 10.3 Å². The van der Waals surface area contributed by atoms with Gasteiger partial charge in [-0.3, -0.25) is 0 Å². The maximum atomic E-state index is 5.24. The second kappa shape index (κ2) is 5.30. The van der Waals surface area contributed by atoms with Crippen molar-refractivity contribution < 1.29 is 9.47 Å². The number of aromatic nitrogens is 3. The molecule has 0 amide bonds. The summed E-state index contributed by atoms with van der Waals surface area (Å²) in [6, 6.07) is 5.54. The lowest BCUT2D eigenvalue weighted by molar-refractivity contribution is 0.395. The lowest BCUT2D eigenvalue weighted by Gasteiger charge is -2.10. The van der Waals surface area contributed by atoms with Crippen molar-refractivity contribution in [2.75, 3.05) is 19.5 Å². The molecule has 6 nitrogen and oxygen atoms in total. The standard InChI is InChI=1S/C13H12N4O2S/c1-18-9-3-8(4-10(5-9)19-2)17-12-11-13(15-6-14-12)20-7-16-11/h3-7H,1-2H3,(H,14,15,17). The van der Waals surface area contributed by atoms with Gasteiger partial charge in [-0.1, -0.05) is 0 Å². The van der Waals surface area contributed by atoms with Gasteiger partial charge in [0.25, 0.3) is 0 Å². The summed E-state index contributed by atoms with van der Waals surface area (Å²) in [5, 5.41) is 3.22.